The topological polar surface area (TPSA) is 83.3 Å². The molecule has 1 aromatic heterocycles. The second kappa shape index (κ2) is 5.75. The van der Waals surface area contributed by atoms with Gasteiger partial charge < -0.3 is 15.3 Å². The number of anilines is 2. The number of aromatic nitrogens is 3. The molecule has 2 heterocycles. The first-order valence-corrected chi connectivity index (χ1v) is 7.44. The van der Waals surface area contributed by atoms with Crippen LogP contribution in [-0.4, -0.2) is 39.9 Å². The van der Waals surface area contributed by atoms with E-state index in [1.165, 1.54) is 0 Å². The zero-order valence-corrected chi connectivity index (χ0v) is 13.3. The molecule has 3 rings (SSSR count). The number of nitrogens with zero attached hydrogens (tertiary/aromatic N) is 4. The van der Waals surface area contributed by atoms with Gasteiger partial charge in [-0.05, 0) is 23.8 Å². The molecule has 0 saturated carbocycles. The Balaban J connectivity index is 2.05. The number of fused-ring (bicyclic) bond motifs is 1. The van der Waals surface area contributed by atoms with Crippen LogP contribution < -0.4 is 10.2 Å². The maximum Gasteiger partial charge on any atom is 0.352 e. The van der Waals surface area contributed by atoms with Gasteiger partial charge in [0.05, 0.1) is 0 Å². The summed E-state index contributed by atoms with van der Waals surface area (Å²) in [4.78, 5) is 17.7. The van der Waals surface area contributed by atoms with Gasteiger partial charge in [-0.2, -0.15) is 10.1 Å². The molecule has 23 heavy (non-hydrogen) atoms. The number of carboxylic acid groups (broad SMARTS) is 1. The molecule has 1 atom stereocenters. The summed E-state index contributed by atoms with van der Waals surface area (Å²) in [6.07, 6.45) is 2.35. The molecule has 2 N–H and O–H groups in total. The van der Waals surface area contributed by atoms with E-state index in [1.54, 1.807) is 10.8 Å². The van der Waals surface area contributed by atoms with Gasteiger partial charge in [-0.3, -0.25) is 0 Å². The van der Waals surface area contributed by atoms with Gasteiger partial charge in [-0.1, -0.05) is 19.1 Å². The van der Waals surface area contributed by atoms with Crippen LogP contribution in [0.1, 0.15) is 24.4 Å². The molecule has 7 heteroatoms. The number of rotatable bonds is 4. The Morgan fingerprint density at radius 3 is 2.61 bits per heavy atom. The van der Waals surface area contributed by atoms with E-state index in [-0.39, 0.29) is 11.7 Å². The van der Waals surface area contributed by atoms with Crippen molar-refractivity contribution in [3.63, 3.8) is 0 Å². The van der Waals surface area contributed by atoms with Crippen LogP contribution in [0, 0.1) is 0 Å². The minimum atomic E-state index is -1.01. The van der Waals surface area contributed by atoms with Crippen molar-refractivity contribution >= 4 is 17.6 Å². The fraction of sp³-hybridized carbons (Fsp3) is 0.312. The van der Waals surface area contributed by atoms with Crippen molar-refractivity contribution in [2.45, 2.75) is 19.4 Å². The van der Waals surface area contributed by atoms with Crippen LogP contribution in [0.3, 0.4) is 0 Å². The van der Waals surface area contributed by atoms with E-state index < -0.39 is 5.97 Å². The lowest BCUT2D eigenvalue weighted by atomic mass is 10.0. The number of hydrogen-bond acceptors (Lipinski definition) is 5. The molecule has 0 radical (unpaired) electrons. The van der Waals surface area contributed by atoms with E-state index in [4.69, 9.17) is 0 Å². The standard InChI is InChI=1S/C16H19N5O2/c1-4-14-18-16-17-12(15(22)23)9-13(21(16)19-14)10-5-7-11(8-6-10)20(2)3/h5-9,13H,4H2,1-3H3,(H,22,23)(H,17,18,19). The second-order valence-corrected chi connectivity index (χ2v) is 5.59. The number of benzene rings is 1. The number of aliphatic carboxylic acids is 1. The normalized spacial score (nSPS) is 16.3. The molecule has 7 nitrogen and oxygen atoms in total. The molecule has 0 amide bonds. The lowest BCUT2D eigenvalue weighted by Gasteiger charge is -2.23. The van der Waals surface area contributed by atoms with Crippen LogP contribution in [0.4, 0.5) is 11.6 Å². The molecule has 0 fully saturated rings. The molecule has 0 saturated heterocycles. The Kier molecular flexibility index (Phi) is 3.77. The highest BCUT2D eigenvalue weighted by atomic mass is 16.4. The summed E-state index contributed by atoms with van der Waals surface area (Å²) < 4.78 is 1.73. The molecule has 2 aromatic rings. The molecule has 120 valence electrons. The molecule has 0 aliphatic carbocycles. The summed E-state index contributed by atoms with van der Waals surface area (Å²) in [5.74, 6) is 0.137. The van der Waals surface area contributed by atoms with Crippen LogP contribution in [0.5, 0.6) is 0 Å². The minimum Gasteiger partial charge on any atom is -0.477 e. The minimum absolute atomic E-state index is 0.120. The lowest BCUT2D eigenvalue weighted by Crippen LogP contribution is -2.24. The van der Waals surface area contributed by atoms with Gasteiger partial charge in [0.2, 0.25) is 5.95 Å². The molecular formula is C16H19N5O2. The summed E-state index contributed by atoms with van der Waals surface area (Å²) in [6, 6.07) is 7.68. The number of nitrogens with one attached hydrogen (secondary N) is 1. The van der Waals surface area contributed by atoms with Gasteiger partial charge >= 0.3 is 5.97 Å². The maximum atomic E-state index is 11.4. The van der Waals surface area contributed by atoms with Crippen LogP contribution >= 0.6 is 0 Å². The Hall–Kier alpha value is -2.83. The lowest BCUT2D eigenvalue weighted by molar-refractivity contribution is -0.132. The van der Waals surface area contributed by atoms with Crippen LogP contribution in [0.2, 0.25) is 0 Å². The summed E-state index contributed by atoms with van der Waals surface area (Å²) in [5, 5.41) is 16.6. The first kappa shape index (κ1) is 15.1. The SMILES string of the molecule is CCc1nc2n(n1)C(c1ccc(N(C)C)cc1)C=C(C(=O)O)N2. The van der Waals surface area contributed by atoms with Crippen LogP contribution in [0.25, 0.3) is 0 Å². The quantitative estimate of drug-likeness (QED) is 0.897. The first-order valence-electron chi connectivity index (χ1n) is 7.44. The molecule has 1 unspecified atom stereocenters. The van der Waals surface area contributed by atoms with Crippen molar-refractivity contribution in [3.05, 3.63) is 47.4 Å². The van der Waals surface area contributed by atoms with Gasteiger partial charge in [0.15, 0.2) is 5.82 Å². The van der Waals surface area contributed by atoms with Gasteiger partial charge in [0, 0.05) is 26.2 Å². The van der Waals surface area contributed by atoms with E-state index in [0.29, 0.717) is 18.2 Å². The number of carboxylic acids is 1. The van der Waals surface area contributed by atoms with E-state index in [1.807, 2.05) is 50.2 Å². The highest BCUT2D eigenvalue weighted by Crippen LogP contribution is 2.30. The van der Waals surface area contributed by atoms with Crippen molar-refractivity contribution in [1.82, 2.24) is 14.8 Å². The summed E-state index contributed by atoms with van der Waals surface area (Å²) in [6.45, 7) is 1.97. The number of aryl methyl sites for hydroxylation is 1. The summed E-state index contributed by atoms with van der Waals surface area (Å²) in [5.41, 5.74) is 2.16. The zero-order chi connectivity index (χ0) is 16.6. The van der Waals surface area contributed by atoms with Crippen molar-refractivity contribution in [2.75, 3.05) is 24.3 Å². The molecule has 0 spiro atoms. The molecule has 1 aromatic carbocycles. The Bertz CT molecular complexity index is 761. The Morgan fingerprint density at radius 1 is 1.35 bits per heavy atom. The molecule has 1 aliphatic heterocycles. The average Bonchev–Trinajstić information content (AvgIpc) is 2.97. The Labute approximate surface area is 134 Å². The van der Waals surface area contributed by atoms with Crippen molar-refractivity contribution in [3.8, 4) is 0 Å². The number of hydrogen-bond donors (Lipinski definition) is 2. The first-order chi connectivity index (χ1) is 11.0. The van der Waals surface area contributed by atoms with Gasteiger partial charge in [-0.15, -0.1) is 0 Å². The van der Waals surface area contributed by atoms with E-state index in [9.17, 15) is 9.90 Å². The van der Waals surface area contributed by atoms with Crippen LogP contribution in [0.15, 0.2) is 36.0 Å². The van der Waals surface area contributed by atoms with Crippen molar-refractivity contribution < 1.29 is 9.90 Å². The van der Waals surface area contributed by atoms with Crippen molar-refractivity contribution in [1.29, 1.82) is 0 Å². The fourth-order valence-electron chi connectivity index (χ4n) is 2.52. The Morgan fingerprint density at radius 2 is 2.04 bits per heavy atom. The summed E-state index contributed by atoms with van der Waals surface area (Å²) >= 11 is 0. The fourth-order valence-corrected chi connectivity index (χ4v) is 2.52. The van der Waals surface area contributed by atoms with Crippen LogP contribution in [-0.2, 0) is 11.2 Å². The highest BCUT2D eigenvalue weighted by molar-refractivity contribution is 5.90. The zero-order valence-electron chi connectivity index (χ0n) is 13.3. The largest absolute Gasteiger partial charge is 0.477 e. The second-order valence-electron chi connectivity index (χ2n) is 5.59. The monoisotopic (exact) mass is 313 g/mol. The van der Waals surface area contributed by atoms with E-state index >= 15 is 0 Å². The van der Waals surface area contributed by atoms with Crippen molar-refractivity contribution in [2.24, 2.45) is 0 Å². The third kappa shape index (κ3) is 2.77. The number of carbonyl (C=O) groups is 1. The highest BCUT2D eigenvalue weighted by Gasteiger charge is 2.26. The van der Waals surface area contributed by atoms with E-state index in [0.717, 1.165) is 11.3 Å². The third-order valence-electron chi connectivity index (χ3n) is 3.81. The van der Waals surface area contributed by atoms with Gasteiger partial charge in [0.1, 0.15) is 11.7 Å². The smallest absolute Gasteiger partial charge is 0.352 e. The third-order valence-corrected chi connectivity index (χ3v) is 3.81. The van der Waals surface area contributed by atoms with E-state index in [2.05, 4.69) is 15.4 Å². The molecule has 0 bridgehead atoms. The maximum absolute atomic E-state index is 11.4. The molecule has 1 aliphatic rings. The van der Waals surface area contributed by atoms with Gasteiger partial charge in [-0.25, -0.2) is 9.48 Å². The predicted molar refractivity (Wildman–Crippen MR) is 87.6 cm³/mol. The van der Waals surface area contributed by atoms with Gasteiger partial charge in [0.25, 0.3) is 0 Å². The molecular weight excluding hydrogens is 294 g/mol. The summed E-state index contributed by atoms with van der Waals surface area (Å²) in [7, 11) is 3.95. The predicted octanol–water partition coefficient (Wildman–Crippen LogP) is 1.89. The average molecular weight is 313 g/mol. The number of allylic oxidation sites excluding steroid dienone is 1.